The second-order valence-electron chi connectivity index (χ2n) is 4.57. The number of hydrogen-bond donors (Lipinski definition) is 1. The summed E-state index contributed by atoms with van der Waals surface area (Å²) in [6.07, 6.45) is 0.909. The smallest absolute Gasteiger partial charge is 0.0441 e. The van der Waals surface area contributed by atoms with Gasteiger partial charge in [-0.3, -0.25) is 0 Å². The molecule has 2 aromatic rings. The molecule has 18 heavy (non-hydrogen) atoms. The number of hydrogen-bond acceptors (Lipinski definition) is 2. The third-order valence-corrected chi connectivity index (χ3v) is 3.16. The van der Waals surface area contributed by atoms with Crippen molar-refractivity contribution in [2.75, 3.05) is 18.5 Å². The van der Waals surface area contributed by atoms with Crippen molar-refractivity contribution in [2.24, 2.45) is 5.73 Å². The summed E-state index contributed by atoms with van der Waals surface area (Å²) in [6.45, 7) is 2.79. The van der Waals surface area contributed by atoms with Crippen LogP contribution in [0.2, 0.25) is 0 Å². The first kappa shape index (κ1) is 12.7. The van der Waals surface area contributed by atoms with Gasteiger partial charge in [-0.15, -0.1) is 0 Å². The lowest BCUT2D eigenvalue weighted by molar-refractivity contribution is 0.961. The van der Waals surface area contributed by atoms with E-state index in [1.165, 1.54) is 22.5 Å². The zero-order valence-corrected chi connectivity index (χ0v) is 11.1. The molecule has 0 atom stereocenters. The molecule has 2 N–H and O–H groups in total. The minimum absolute atomic E-state index is 0.679. The van der Waals surface area contributed by atoms with Crippen LogP contribution in [0, 0.1) is 6.92 Å². The Kier molecular flexibility index (Phi) is 4.00. The van der Waals surface area contributed by atoms with Crippen molar-refractivity contribution in [3.8, 4) is 0 Å². The number of benzene rings is 2. The molecule has 0 unspecified atom stereocenters. The molecule has 0 bridgehead atoms. The zero-order chi connectivity index (χ0) is 13.0. The minimum Gasteiger partial charge on any atom is -0.344 e. The standard InChI is InChI=1S/C16H20N2/c1-13-6-5-8-15(12-13)18(2)16-9-4-3-7-14(16)10-11-17/h3-9,12H,10-11,17H2,1-2H3. The van der Waals surface area contributed by atoms with E-state index in [4.69, 9.17) is 5.73 Å². The topological polar surface area (TPSA) is 29.3 Å². The maximum atomic E-state index is 5.67. The Balaban J connectivity index is 2.36. The van der Waals surface area contributed by atoms with E-state index >= 15 is 0 Å². The van der Waals surface area contributed by atoms with Crippen LogP contribution in [0.4, 0.5) is 11.4 Å². The summed E-state index contributed by atoms with van der Waals surface area (Å²) < 4.78 is 0. The molecule has 0 heterocycles. The van der Waals surface area contributed by atoms with Crippen LogP contribution in [0.25, 0.3) is 0 Å². The van der Waals surface area contributed by atoms with E-state index in [1.54, 1.807) is 0 Å². The van der Waals surface area contributed by atoms with Crippen molar-refractivity contribution in [2.45, 2.75) is 13.3 Å². The number of nitrogens with zero attached hydrogens (tertiary/aromatic N) is 1. The van der Waals surface area contributed by atoms with Crippen molar-refractivity contribution in [3.05, 3.63) is 59.7 Å². The lowest BCUT2D eigenvalue weighted by atomic mass is 10.1. The van der Waals surface area contributed by atoms with Crippen LogP contribution >= 0.6 is 0 Å². The summed E-state index contributed by atoms with van der Waals surface area (Å²) >= 11 is 0. The first-order valence-electron chi connectivity index (χ1n) is 6.30. The van der Waals surface area contributed by atoms with Gasteiger partial charge in [0.1, 0.15) is 0 Å². The van der Waals surface area contributed by atoms with E-state index < -0.39 is 0 Å². The zero-order valence-electron chi connectivity index (χ0n) is 11.1. The summed E-state index contributed by atoms with van der Waals surface area (Å²) in [4.78, 5) is 2.22. The molecule has 2 heteroatoms. The van der Waals surface area contributed by atoms with Crippen molar-refractivity contribution in [3.63, 3.8) is 0 Å². The Morgan fingerprint density at radius 1 is 1.06 bits per heavy atom. The average molecular weight is 240 g/mol. The van der Waals surface area contributed by atoms with E-state index in [-0.39, 0.29) is 0 Å². The number of rotatable bonds is 4. The van der Waals surface area contributed by atoms with E-state index in [1.807, 2.05) is 0 Å². The van der Waals surface area contributed by atoms with E-state index in [0.717, 1.165) is 6.42 Å². The Morgan fingerprint density at radius 3 is 2.56 bits per heavy atom. The minimum atomic E-state index is 0.679. The molecule has 2 aromatic carbocycles. The van der Waals surface area contributed by atoms with Gasteiger partial charge in [0.15, 0.2) is 0 Å². The normalized spacial score (nSPS) is 10.4. The summed E-state index contributed by atoms with van der Waals surface area (Å²) in [5.74, 6) is 0. The van der Waals surface area contributed by atoms with E-state index in [0.29, 0.717) is 6.54 Å². The van der Waals surface area contributed by atoms with Crippen LogP contribution in [0.15, 0.2) is 48.5 Å². The fourth-order valence-electron chi connectivity index (χ4n) is 2.18. The highest BCUT2D eigenvalue weighted by molar-refractivity contribution is 5.66. The highest BCUT2D eigenvalue weighted by atomic mass is 15.1. The summed E-state index contributed by atoms with van der Waals surface area (Å²) in [6, 6.07) is 17.0. The Morgan fingerprint density at radius 2 is 1.83 bits per heavy atom. The number of anilines is 2. The van der Waals surface area contributed by atoms with E-state index in [9.17, 15) is 0 Å². The lowest BCUT2D eigenvalue weighted by Gasteiger charge is -2.23. The Labute approximate surface area is 109 Å². The largest absolute Gasteiger partial charge is 0.344 e. The first-order chi connectivity index (χ1) is 8.72. The third-order valence-electron chi connectivity index (χ3n) is 3.16. The van der Waals surface area contributed by atoms with E-state index in [2.05, 4.69) is 67.4 Å². The van der Waals surface area contributed by atoms with Gasteiger partial charge in [0.25, 0.3) is 0 Å². The monoisotopic (exact) mass is 240 g/mol. The summed E-state index contributed by atoms with van der Waals surface area (Å²) in [5, 5.41) is 0. The number of nitrogens with two attached hydrogens (primary N) is 1. The molecule has 0 aliphatic heterocycles. The van der Waals surface area contributed by atoms with Crippen molar-refractivity contribution >= 4 is 11.4 Å². The van der Waals surface area contributed by atoms with Crippen LogP contribution in [0.1, 0.15) is 11.1 Å². The maximum absolute atomic E-state index is 5.67. The molecular weight excluding hydrogens is 220 g/mol. The van der Waals surface area contributed by atoms with Gasteiger partial charge in [-0.1, -0.05) is 30.3 Å². The first-order valence-corrected chi connectivity index (χ1v) is 6.30. The number of aryl methyl sites for hydroxylation is 1. The fourth-order valence-corrected chi connectivity index (χ4v) is 2.18. The maximum Gasteiger partial charge on any atom is 0.0441 e. The van der Waals surface area contributed by atoms with Gasteiger partial charge in [0, 0.05) is 18.4 Å². The SMILES string of the molecule is Cc1cccc(N(C)c2ccccc2CCN)c1. The van der Waals surface area contributed by atoms with Crippen LogP contribution < -0.4 is 10.6 Å². The molecule has 0 saturated carbocycles. The molecule has 0 saturated heterocycles. The van der Waals surface area contributed by atoms with Crippen LogP contribution in [0.3, 0.4) is 0 Å². The average Bonchev–Trinajstić information content (AvgIpc) is 2.39. The molecule has 0 amide bonds. The Hall–Kier alpha value is -1.80. The Bertz CT molecular complexity index is 520. The van der Waals surface area contributed by atoms with Crippen LogP contribution in [-0.2, 0) is 6.42 Å². The predicted molar refractivity (Wildman–Crippen MR) is 78.4 cm³/mol. The second kappa shape index (κ2) is 5.69. The van der Waals surface area contributed by atoms with Gasteiger partial charge in [-0.2, -0.15) is 0 Å². The number of para-hydroxylation sites is 1. The van der Waals surface area contributed by atoms with Gasteiger partial charge in [0.2, 0.25) is 0 Å². The molecule has 0 aliphatic rings. The molecule has 0 aliphatic carbocycles. The molecule has 0 fully saturated rings. The van der Waals surface area contributed by atoms with Crippen molar-refractivity contribution in [1.82, 2.24) is 0 Å². The molecule has 2 nitrogen and oxygen atoms in total. The van der Waals surface area contributed by atoms with Gasteiger partial charge in [0.05, 0.1) is 0 Å². The van der Waals surface area contributed by atoms with Crippen LogP contribution in [0.5, 0.6) is 0 Å². The van der Waals surface area contributed by atoms with Crippen LogP contribution in [-0.4, -0.2) is 13.6 Å². The predicted octanol–water partition coefficient (Wildman–Crippen LogP) is 3.26. The summed E-state index contributed by atoms with van der Waals surface area (Å²) in [7, 11) is 2.10. The van der Waals surface area contributed by atoms with Gasteiger partial charge < -0.3 is 10.6 Å². The molecular formula is C16H20N2. The molecule has 94 valence electrons. The van der Waals surface area contributed by atoms with Crippen molar-refractivity contribution < 1.29 is 0 Å². The fraction of sp³-hybridized carbons (Fsp3) is 0.250. The lowest BCUT2D eigenvalue weighted by Crippen LogP contribution is -2.13. The van der Waals surface area contributed by atoms with Crippen molar-refractivity contribution in [1.29, 1.82) is 0 Å². The van der Waals surface area contributed by atoms with Gasteiger partial charge in [-0.05, 0) is 49.2 Å². The van der Waals surface area contributed by atoms with Gasteiger partial charge in [-0.25, -0.2) is 0 Å². The second-order valence-corrected chi connectivity index (χ2v) is 4.57. The molecule has 0 aromatic heterocycles. The molecule has 2 rings (SSSR count). The molecule has 0 radical (unpaired) electrons. The molecule has 0 spiro atoms. The quantitative estimate of drug-likeness (QED) is 0.888. The third kappa shape index (κ3) is 2.71. The highest BCUT2D eigenvalue weighted by Gasteiger charge is 2.08. The summed E-state index contributed by atoms with van der Waals surface area (Å²) in [5.41, 5.74) is 10.7. The highest BCUT2D eigenvalue weighted by Crippen LogP contribution is 2.27. The van der Waals surface area contributed by atoms with Gasteiger partial charge >= 0.3 is 0 Å².